The molecule has 2 heterocycles. The van der Waals surface area contributed by atoms with Crippen molar-refractivity contribution in [2.45, 2.75) is 12.5 Å². The van der Waals surface area contributed by atoms with Gasteiger partial charge >= 0.3 is 0 Å². The standard InChI is InChI=1S/C16H24N4O4S/c1-19(2)8-7-18-15(21)14-10-12(4-6-17-14)16(22)20(3)13-5-9-25(23,24)11-13/h4,6,10,13H,5,7-9,11H2,1-3H3,(H,18,21). The Morgan fingerprint density at radius 1 is 1.32 bits per heavy atom. The number of aromatic nitrogens is 1. The zero-order valence-electron chi connectivity index (χ0n) is 14.7. The maximum Gasteiger partial charge on any atom is 0.269 e. The predicted molar refractivity (Wildman–Crippen MR) is 94.3 cm³/mol. The SMILES string of the molecule is CN(C)CCNC(=O)c1cc(C(=O)N(C)C2CCS(=O)(=O)C2)ccn1. The molecule has 1 aromatic rings. The molecule has 2 amide bonds. The van der Waals surface area contributed by atoms with Crippen LogP contribution in [0.5, 0.6) is 0 Å². The lowest BCUT2D eigenvalue weighted by Crippen LogP contribution is -2.38. The van der Waals surface area contributed by atoms with Gasteiger partial charge in [0, 0.05) is 37.9 Å². The van der Waals surface area contributed by atoms with Crippen molar-refractivity contribution in [3.63, 3.8) is 0 Å². The second-order valence-electron chi connectivity index (χ2n) is 6.46. The van der Waals surface area contributed by atoms with Gasteiger partial charge < -0.3 is 15.1 Å². The molecule has 1 aliphatic rings. The summed E-state index contributed by atoms with van der Waals surface area (Å²) in [4.78, 5) is 32.1. The Hall–Kier alpha value is -2.00. The third-order valence-corrected chi connectivity index (χ3v) is 5.91. The van der Waals surface area contributed by atoms with Crippen LogP contribution in [0.2, 0.25) is 0 Å². The quantitative estimate of drug-likeness (QED) is 0.736. The lowest BCUT2D eigenvalue weighted by atomic mass is 10.1. The Morgan fingerprint density at radius 2 is 2.04 bits per heavy atom. The minimum Gasteiger partial charge on any atom is -0.349 e. The summed E-state index contributed by atoms with van der Waals surface area (Å²) in [6, 6.07) is 2.63. The first-order chi connectivity index (χ1) is 11.7. The van der Waals surface area contributed by atoms with Crippen LogP contribution in [0.1, 0.15) is 27.3 Å². The second-order valence-corrected chi connectivity index (χ2v) is 8.69. The Bertz CT molecular complexity index is 748. The smallest absolute Gasteiger partial charge is 0.269 e. The summed E-state index contributed by atoms with van der Waals surface area (Å²) in [5.41, 5.74) is 0.483. The molecule has 9 heteroatoms. The number of sulfone groups is 1. The zero-order chi connectivity index (χ0) is 18.6. The van der Waals surface area contributed by atoms with E-state index < -0.39 is 9.84 Å². The van der Waals surface area contributed by atoms with Gasteiger partial charge in [-0.1, -0.05) is 0 Å². The molecule has 2 rings (SSSR count). The van der Waals surface area contributed by atoms with Gasteiger partial charge in [0.05, 0.1) is 11.5 Å². The van der Waals surface area contributed by atoms with E-state index in [2.05, 4.69) is 10.3 Å². The largest absolute Gasteiger partial charge is 0.349 e. The van der Waals surface area contributed by atoms with Crippen LogP contribution < -0.4 is 5.32 Å². The molecule has 1 aromatic heterocycles. The molecule has 138 valence electrons. The summed E-state index contributed by atoms with van der Waals surface area (Å²) >= 11 is 0. The summed E-state index contributed by atoms with van der Waals surface area (Å²) in [6.45, 7) is 1.18. The maximum absolute atomic E-state index is 12.6. The minimum absolute atomic E-state index is 0.0157. The Labute approximate surface area is 148 Å². The fraction of sp³-hybridized carbons (Fsp3) is 0.562. The lowest BCUT2D eigenvalue weighted by molar-refractivity contribution is 0.0747. The molecule has 1 fully saturated rings. The minimum atomic E-state index is -3.07. The van der Waals surface area contributed by atoms with Gasteiger partial charge in [0.1, 0.15) is 5.69 Å². The van der Waals surface area contributed by atoms with Gasteiger partial charge in [-0.3, -0.25) is 14.6 Å². The Balaban J connectivity index is 2.04. The maximum atomic E-state index is 12.6. The summed E-state index contributed by atoms with van der Waals surface area (Å²) in [5, 5.41) is 2.74. The number of hydrogen-bond acceptors (Lipinski definition) is 6. The third kappa shape index (κ3) is 5.23. The van der Waals surface area contributed by atoms with Crippen molar-refractivity contribution < 1.29 is 18.0 Å². The van der Waals surface area contributed by atoms with Gasteiger partial charge in [-0.05, 0) is 32.6 Å². The van der Waals surface area contributed by atoms with Crippen LogP contribution in [0.3, 0.4) is 0 Å². The van der Waals surface area contributed by atoms with Crippen LogP contribution in [-0.4, -0.2) is 86.8 Å². The first-order valence-corrected chi connectivity index (χ1v) is 9.88. The topological polar surface area (TPSA) is 99.7 Å². The summed E-state index contributed by atoms with van der Waals surface area (Å²) in [7, 11) is 2.33. The second kappa shape index (κ2) is 7.92. The monoisotopic (exact) mass is 368 g/mol. The molecule has 0 radical (unpaired) electrons. The molecule has 1 saturated heterocycles. The van der Waals surface area contributed by atoms with Gasteiger partial charge in [0.15, 0.2) is 9.84 Å². The number of rotatable bonds is 6. The Kier molecular flexibility index (Phi) is 6.12. The van der Waals surface area contributed by atoms with E-state index in [0.29, 0.717) is 25.1 Å². The first kappa shape index (κ1) is 19.3. The van der Waals surface area contributed by atoms with Crippen LogP contribution in [0.25, 0.3) is 0 Å². The van der Waals surface area contributed by atoms with Crippen molar-refractivity contribution in [3.05, 3.63) is 29.6 Å². The number of carbonyl (C=O) groups is 2. The van der Waals surface area contributed by atoms with E-state index in [-0.39, 0.29) is 35.1 Å². The average molecular weight is 368 g/mol. The number of pyridine rings is 1. The highest BCUT2D eigenvalue weighted by atomic mass is 32.2. The van der Waals surface area contributed by atoms with Crippen molar-refractivity contribution in [1.29, 1.82) is 0 Å². The van der Waals surface area contributed by atoms with Gasteiger partial charge in [-0.15, -0.1) is 0 Å². The number of carbonyl (C=O) groups excluding carboxylic acids is 2. The molecule has 1 unspecified atom stereocenters. The summed E-state index contributed by atoms with van der Waals surface area (Å²) < 4.78 is 23.2. The molecule has 1 aliphatic heterocycles. The molecule has 1 atom stereocenters. The first-order valence-electron chi connectivity index (χ1n) is 8.06. The van der Waals surface area contributed by atoms with Gasteiger partial charge in [-0.2, -0.15) is 0 Å². The van der Waals surface area contributed by atoms with Crippen LogP contribution >= 0.6 is 0 Å². The van der Waals surface area contributed by atoms with E-state index >= 15 is 0 Å². The van der Waals surface area contributed by atoms with Crippen molar-refractivity contribution in [2.75, 3.05) is 45.7 Å². The highest BCUT2D eigenvalue weighted by Gasteiger charge is 2.33. The predicted octanol–water partition coefficient (Wildman–Crippen LogP) is -0.368. The van der Waals surface area contributed by atoms with Crippen LogP contribution in [-0.2, 0) is 9.84 Å². The molecule has 8 nitrogen and oxygen atoms in total. The van der Waals surface area contributed by atoms with Crippen LogP contribution in [0.15, 0.2) is 18.3 Å². The normalized spacial score (nSPS) is 19.0. The van der Waals surface area contributed by atoms with E-state index in [0.717, 1.165) is 0 Å². The van der Waals surface area contributed by atoms with Gasteiger partial charge in [-0.25, -0.2) is 8.42 Å². The summed E-state index contributed by atoms with van der Waals surface area (Å²) in [5.74, 6) is -0.571. The van der Waals surface area contributed by atoms with Crippen LogP contribution in [0.4, 0.5) is 0 Å². The molecule has 0 saturated carbocycles. The van der Waals surface area contributed by atoms with Gasteiger partial charge in [0.2, 0.25) is 0 Å². The highest BCUT2D eigenvalue weighted by molar-refractivity contribution is 7.91. The number of amides is 2. The van der Waals surface area contributed by atoms with Crippen LogP contribution in [0, 0.1) is 0 Å². The van der Waals surface area contributed by atoms with E-state index in [1.165, 1.54) is 23.2 Å². The van der Waals surface area contributed by atoms with E-state index in [9.17, 15) is 18.0 Å². The number of hydrogen-bond donors (Lipinski definition) is 1. The Morgan fingerprint density at radius 3 is 2.64 bits per heavy atom. The number of likely N-dealkylation sites (N-methyl/N-ethyl adjacent to an activating group) is 1. The zero-order valence-corrected chi connectivity index (χ0v) is 15.5. The van der Waals surface area contributed by atoms with Crippen molar-refractivity contribution in [1.82, 2.24) is 20.1 Å². The molecule has 1 N–H and O–H groups in total. The number of nitrogens with one attached hydrogen (secondary N) is 1. The van der Waals surface area contributed by atoms with Crippen molar-refractivity contribution in [2.24, 2.45) is 0 Å². The fourth-order valence-electron chi connectivity index (χ4n) is 2.62. The van der Waals surface area contributed by atoms with E-state index in [1.807, 2.05) is 19.0 Å². The molecular formula is C16H24N4O4S. The van der Waals surface area contributed by atoms with Gasteiger partial charge in [0.25, 0.3) is 11.8 Å². The molecule has 0 bridgehead atoms. The van der Waals surface area contributed by atoms with Crippen molar-refractivity contribution in [3.8, 4) is 0 Å². The fourth-order valence-corrected chi connectivity index (χ4v) is 4.40. The number of nitrogens with zero attached hydrogens (tertiary/aromatic N) is 3. The molecule has 25 heavy (non-hydrogen) atoms. The van der Waals surface area contributed by atoms with Crippen molar-refractivity contribution >= 4 is 21.7 Å². The third-order valence-electron chi connectivity index (χ3n) is 4.16. The lowest BCUT2D eigenvalue weighted by Gasteiger charge is -2.23. The highest BCUT2D eigenvalue weighted by Crippen LogP contribution is 2.18. The van der Waals surface area contributed by atoms with E-state index in [4.69, 9.17) is 0 Å². The molecular weight excluding hydrogens is 344 g/mol. The summed E-state index contributed by atoms with van der Waals surface area (Å²) in [6.07, 6.45) is 1.85. The molecule has 0 aromatic carbocycles. The average Bonchev–Trinajstić information content (AvgIpc) is 2.93. The molecule has 0 aliphatic carbocycles. The van der Waals surface area contributed by atoms with E-state index in [1.54, 1.807) is 7.05 Å². The molecule has 0 spiro atoms.